The van der Waals surface area contributed by atoms with Crippen LogP contribution in [0.5, 0.6) is 0 Å². The Morgan fingerprint density at radius 1 is 1.17 bits per heavy atom. The van der Waals surface area contributed by atoms with Gasteiger partial charge in [0.1, 0.15) is 5.82 Å². The van der Waals surface area contributed by atoms with Crippen molar-refractivity contribution in [3.8, 4) is 0 Å². The van der Waals surface area contributed by atoms with Gasteiger partial charge in [-0.1, -0.05) is 13.8 Å². The molecule has 0 radical (unpaired) electrons. The van der Waals surface area contributed by atoms with Gasteiger partial charge in [-0.2, -0.15) is 5.10 Å². The number of fused-ring (bicyclic) bond motifs is 1. The second-order valence-electron chi connectivity index (χ2n) is 7.61. The fraction of sp³-hybridized carbons (Fsp3) is 0.474. The predicted molar refractivity (Wildman–Crippen MR) is 93.7 cm³/mol. The lowest BCUT2D eigenvalue weighted by Crippen LogP contribution is -2.24. The van der Waals surface area contributed by atoms with Crippen molar-refractivity contribution >= 4 is 17.3 Å². The number of carbonyl (C=O) groups is 1. The van der Waals surface area contributed by atoms with Crippen LogP contribution in [0.4, 0.5) is 11.5 Å². The Labute approximate surface area is 137 Å². The van der Waals surface area contributed by atoms with Gasteiger partial charge in [0, 0.05) is 23.7 Å². The van der Waals surface area contributed by atoms with Crippen molar-refractivity contribution < 1.29 is 4.79 Å². The summed E-state index contributed by atoms with van der Waals surface area (Å²) in [6, 6.07) is 8.13. The number of ketones is 1. The van der Waals surface area contributed by atoms with Gasteiger partial charge < -0.3 is 5.32 Å². The van der Waals surface area contributed by atoms with Crippen molar-refractivity contribution in [3.05, 3.63) is 41.1 Å². The largest absolute Gasteiger partial charge is 0.340 e. The summed E-state index contributed by atoms with van der Waals surface area (Å²) in [7, 11) is 0. The summed E-state index contributed by atoms with van der Waals surface area (Å²) in [6.07, 6.45) is 1.48. The first kappa shape index (κ1) is 15.8. The third-order valence-corrected chi connectivity index (χ3v) is 4.25. The molecule has 0 saturated heterocycles. The molecule has 0 spiro atoms. The van der Waals surface area contributed by atoms with Crippen molar-refractivity contribution in [2.75, 3.05) is 5.32 Å². The van der Waals surface area contributed by atoms with Gasteiger partial charge in [0.05, 0.1) is 11.2 Å². The molecule has 122 valence electrons. The molecule has 4 nitrogen and oxygen atoms in total. The summed E-state index contributed by atoms with van der Waals surface area (Å²) in [5.41, 5.74) is 4.02. The highest BCUT2D eigenvalue weighted by atomic mass is 16.1. The van der Waals surface area contributed by atoms with Gasteiger partial charge in [-0.25, -0.2) is 4.68 Å². The summed E-state index contributed by atoms with van der Waals surface area (Å²) in [5.74, 6) is 1.63. The van der Waals surface area contributed by atoms with Crippen LogP contribution in [0.3, 0.4) is 0 Å². The Balaban J connectivity index is 1.95. The number of aromatic nitrogens is 2. The number of nitrogens with zero attached hydrogens (tertiary/aromatic N) is 2. The van der Waals surface area contributed by atoms with Crippen LogP contribution in [0.2, 0.25) is 0 Å². The van der Waals surface area contributed by atoms with E-state index in [0.29, 0.717) is 12.3 Å². The lowest BCUT2D eigenvalue weighted by Gasteiger charge is -2.23. The molecule has 0 aliphatic heterocycles. The van der Waals surface area contributed by atoms with Gasteiger partial charge in [0.25, 0.3) is 0 Å². The Morgan fingerprint density at radius 3 is 2.57 bits per heavy atom. The van der Waals surface area contributed by atoms with Crippen LogP contribution in [0.1, 0.15) is 68.6 Å². The summed E-state index contributed by atoms with van der Waals surface area (Å²) in [5, 5.41) is 8.25. The molecule has 1 aliphatic carbocycles. The molecular weight excluding hydrogens is 286 g/mol. The Morgan fingerprint density at radius 2 is 1.91 bits per heavy atom. The molecule has 0 unspecified atom stereocenters. The maximum absolute atomic E-state index is 11.8. The number of hydrogen-bond acceptors (Lipinski definition) is 3. The second kappa shape index (κ2) is 5.52. The summed E-state index contributed by atoms with van der Waals surface area (Å²) in [4.78, 5) is 11.8. The van der Waals surface area contributed by atoms with Crippen LogP contribution in [-0.4, -0.2) is 15.6 Å². The predicted octanol–water partition coefficient (Wildman–Crippen LogP) is 4.63. The molecule has 1 aliphatic rings. The maximum Gasteiger partial charge on any atom is 0.163 e. The molecule has 0 atom stereocenters. The van der Waals surface area contributed by atoms with Crippen molar-refractivity contribution in [1.29, 1.82) is 0 Å². The van der Waals surface area contributed by atoms with Crippen LogP contribution in [0.25, 0.3) is 0 Å². The normalized spacial score (nSPS) is 14.4. The fourth-order valence-corrected chi connectivity index (χ4v) is 2.96. The molecular formula is C19H25N3O. The van der Waals surface area contributed by atoms with Gasteiger partial charge in [0.15, 0.2) is 5.78 Å². The molecule has 0 saturated carbocycles. The number of hydrogen-bond donors (Lipinski definition) is 1. The average Bonchev–Trinajstić information content (AvgIpc) is 3.03. The Kier molecular flexibility index (Phi) is 3.78. The van der Waals surface area contributed by atoms with E-state index in [0.717, 1.165) is 34.7 Å². The van der Waals surface area contributed by atoms with E-state index in [9.17, 15) is 4.79 Å². The lowest BCUT2D eigenvalue weighted by molar-refractivity contribution is 0.0994. The monoisotopic (exact) mass is 311 g/mol. The minimum atomic E-state index is -0.0951. The zero-order chi connectivity index (χ0) is 16.8. The van der Waals surface area contributed by atoms with E-state index in [2.05, 4.69) is 52.1 Å². The van der Waals surface area contributed by atoms with E-state index in [1.54, 1.807) is 0 Å². The first-order valence-electron chi connectivity index (χ1n) is 8.29. The number of nitrogens with one attached hydrogen (secondary N) is 1. The number of aryl methyl sites for hydroxylation is 1. The van der Waals surface area contributed by atoms with E-state index < -0.39 is 0 Å². The molecule has 0 fully saturated rings. The van der Waals surface area contributed by atoms with Crippen LogP contribution in [-0.2, 0) is 12.0 Å². The van der Waals surface area contributed by atoms with Crippen molar-refractivity contribution in [2.45, 2.75) is 58.9 Å². The zero-order valence-corrected chi connectivity index (χ0v) is 14.6. The molecule has 23 heavy (non-hydrogen) atoms. The minimum absolute atomic E-state index is 0.0951. The second-order valence-corrected chi connectivity index (χ2v) is 7.61. The van der Waals surface area contributed by atoms with Crippen molar-refractivity contribution in [1.82, 2.24) is 9.78 Å². The molecule has 0 bridgehead atoms. The highest BCUT2D eigenvalue weighted by molar-refractivity contribution is 6.00. The van der Waals surface area contributed by atoms with E-state index >= 15 is 0 Å². The van der Waals surface area contributed by atoms with Crippen LogP contribution in [0, 0.1) is 0 Å². The SMILES string of the molecule is CC(C)c1cc(Nc2ccc3c(c2)CCC3=O)n(C(C)(C)C)n1. The summed E-state index contributed by atoms with van der Waals surface area (Å²) >= 11 is 0. The van der Waals surface area contributed by atoms with Crippen LogP contribution < -0.4 is 5.32 Å². The smallest absolute Gasteiger partial charge is 0.163 e. The molecule has 1 N–H and O–H groups in total. The fourth-order valence-electron chi connectivity index (χ4n) is 2.96. The average molecular weight is 311 g/mol. The molecule has 1 heterocycles. The molecule has 1 aromatic carbocycles. The van der Waals surface area contributed by atoms with Gasteiger partial charge in [-0.3, -0.25) is 4.79 Å². The molecule has 4 heteroatoms. The third kappa shape index (κ3) is 3.03. The minimum Gasteiger partial charge on any atom is -0.340 e. The van der Waals surface area contributed by atoms with Crippen molar-refractivity contribution in [3.63, 3.8) is 0 Å². The van der Waals surface area contributed by atoms with Gasteiger partial charge >= 0.3 is 0 Å². The van der Waals surface area contributed by atoms with E-state index in [1.807, 2.05) is 16.8 Å². The molecule has 2 aromatic rings. The molecule has 3 rings (SSSR count). The highest BCUT2D eigenvalue weighted by Gasteiger charge is 2.22. The van der Waals surface area contributed by atoms with Crippen molar-refractivity contribution in [2.24, 2.45) is 0 Å². The van der Waals surface area contributed by atoms with Crippen LogP contribution >= 0.6 is 0 Å². The molecule has 0 amide bonds. The first-order chi connectivity index (χ1) is 10.8. The third-order valence-electron chi connectivity index (χ3n) is 4.25. The standard InChI is InChI=1S/C19H25N3O/c1-12(2)16-11-18(22(21-16)19(3,4)5)20-14-7-8-15-13(10-14)6-9-17(15)23/h7-8,10-12,20H,6,9H2,1-5H3. The zero-order valence-electron chi connectivity index (χ0n) is 14.6. The summed E-state index contributed by atoms with van der Waals surface area (Å²) in [6.45, 7) is 10.8. The first-order valence-corrected chi connectivity index (χ1v) is 8.29. The van der Waals surface area contributed by atoms with Crippen LogP contribution in [0.15, 0.2) is 24.3 Å². The topological polar surface area (TPSA) is 46.9 Å². The van der Waals surface area contributed by atoms with Gasteiger partial charge in [0.2, 0.25) is 0 Å². The summed E-state index contributed by atoms with van der Waals surface area (Å²) < 4.78 is 2.04. The Hall–Kier alpha value is -2.10. The van der Waals surface area contributed by atoms with Gasteiger partial charge in [-0.05, 0) is 56.9 Å². The lowest BCUT2D eigenvalue weighted by atomic mass is 10.1. The maximum atomic E-state index is 11.8. The highest BCUT2D eigenvalue weighted by Crippen LogP contribution is 2.30. The number of carbonyl (C=O) groups excluding carboxylic acids is 1. The molecule has 1 aromatic heterocycles. The number of rotatable bonds is 3. The van der Waals surface area contributed by atoms with E-state index in [-0.39, 0.29) is 11.3 Å². The number of anilines is 2. The van der Waals surface area contributed by atoms with Gasteiger partial charge in [-0.15, -0.1) is 0 Å². The quantitative estimate of drug-likeness (QED) is 0.898. The van der Waals surface area contributed by atoms with E-state index in [1.165, 1.54) is 0 Å². The number of Topliss-reactive ketones (excluding diaryl/α,β-unsaturated/α-hetero) is 1. The number of benzene rings is 1. The van der Waals surface area contributed by atoms with E-state index in [4.69, 9.17) is 5.10 Å². The Bertz CT molecular complexity index is 750.